The van der Waals surface area contributed by atoms with Crippen molar-refractivity contribution < 1.29 is 37.7 Å². The van der Waals surface area contributed by atoms with Crippen LogP contribution < -0.4 is 5.11 Å². The van der Waals surface area contributed by atoms with E-state index >= 15 is 0 Å². The van der Waals surface area contributed by atoms with Crippen LogP contribution in [-0.4, -0.2) is 29.4 Å². The van der Waals surface area contributed by atoms with E-state index in [1.54, 1.807) is 6.07 Å². The molecule has 2 aromatic carbocycles. The summed E-state index contributed by atoms with van der Waals surface area (Å²) in [5.74, 6) is -8.80. The zero-order valence-corrected chi connectivity index (χ0v) is 18.2. The van der Waals surface area contributed by atoms with Gasteiger partial charge in [-0.05, 0) is 61.9 Å². The highest BCUT2D eigenvalue weighted by Gasteiger charge is 2.45. The molecule has 1 atom stereocenters. The van der Waals surface area contributed by atoms with Crippen LogP contribution in [0.3, 0.4) is 0 Å². The number of halogens is 2. The van der Waals surface area contributed by atoms with Crippen molar-refractivity contribution in [3.8, 4) is 0 Å². The Balaban J connectivity index is 1.74. The van der Waals surface area contributed by atoms with Crippen molar-refractivity contribution in [2.45, 2.75) is 63.1 Å². The Morgan fingerprint density at radius 2 is 1.48 bits per heavy atom. The van der Waals surface area contributed by atoms with Crippen LogP contribution in [0, 0.1) is 0 Å². The summed E-state index contributed by atoms with van der Waals surface area (Å²) in [5.41, 5.74) is -0.599. The van der Waals surface area contributed by atoms with Crippen LogP contribution >= 0.6 is 0 Å². The second kappa shape index (κ2) is 10.1. The van der Waals surface area contributed by atoms with Gasteiger partial charge in [0.2, 0.25) is 0 Å². The van der Waals surface area contributed by atoms with Crippen molar-refractivity contribution in [2.24, 2.45) is 0 Å². The molecule has 1 aliphatic rings. The highest BCUT2D eigenvalue weighted by Crippen LogP contribution is 2.36. The molecular formula is C25H25F2O6-. The molecule has 2 aromatic rings. The lowest BCUT2D eigenvalue weighted by molar-refractivity contribution is -0.336. The number of aliphatic carboxylic acids is 1. The minimum absolute atomic E-state index is 0.121. The monoisotopic (exact) mass is 459 g/mol. The lowest BCUT2D eigenvalue weighted by Crippen LogP contribution is -2.47. The SMILES string of the molecule is CCC1(OC(=O)c2ccc(C(=O)OC(c3ccccc3)C(F)(F)C(=O)[O-])cc2)CCCCC1. The van der Waals surface area contributed by atoms with Gasteiger partial charge in [-0.2, -0.15) is 8.78 Å². The quantitative estimate of drug-likeness (QED) is 0.549. The van der Waals surface area contributed by atoms with E-state index in [4.69, 9.17) is 9.47 Å². The minimum atomic E-state index is -4.45. The summed E-state index contributed by atoms with van der Waals surface area (Å²) in [6.45, 7) is 1.98. The molecule has 3 rings (SSSR count). The topological polar surface area (TPSA) is 92.7 Å². The Bertz CT molecular complexity index is 982. The number of carbonyl (C=O) groups excluding carboxylic acids is 3. The first kappa shape index (κ1) is 24.4. The third-order valence-electron chi connectivity index (χ3n) is 6.00. The van der Waals surface area contributed by atoms with Crippen molar-refractivity contribution in [3.05, 3.63) is 71.3 Å². The van der Waals surface area contributed by atoms with Crippen LogP contribution in [0.25, 0.3) is 0 Å². The number of ether oxygens (including phenoxy) is 2. The molecule has 1 saturated carbocycles. The average molecular weight is 459 g/mol. The summed E-state index contributed by atoms with van der Waals surface area (Å²) >= 11 is 0. The van der Waals surface area contributed by atoms with Crippen molar-refractivity contribution in [2.75, 3.05) is 0 Å². The normalized spacial score (nSPS) is 16.5. The maximum Gasteiger partial charge on any atom is 0.338 e. The molecule has 33 heavy (non-hydrogen) atoms. The number of rotatable bonds is 8. The van der Waals surface area contributed by atoms with Gasteiger partial charge in [-0.1, -0.05) is 43.7 Å². The number of carboxylic acids is 1. The van der Waals surface area contributed by atoms with Crippen LogP contribution in [-0.2, 0) is 14.3 Å². The number of carbonyl (C=O) groups is 3. The molecule has 8 heteroatoms. The molecule has 0 aliphatic heterocycles. The van der Waals surface area contributed by atoms with Crippen LogP contribution in [0.5, 0.6) is 0 Å². The molecule has 0 saturated heterocycles. The molecule has 1 unspecified atom stereocenters. The Kier molecular flexibility index (Phi) is 7.46. The number of benzene rings is 2. The number of hydrogen-bond donors (Lipinski definition) is 0. The molecule has 0 spiro atoms. The maximum atomic E-state index is 14.2. The van der Waals surface area contributed by atoms with Gasteiger partial charge >= 0.3 is 17.9 Å². The molecule has 6 nitrogen and oxygen atoms in total. The summed E-state index contributed by atoms with van der Waals surface area (Å²) in [6.07, 6.45) is 3.01. The van der Waals surface area contributed by atoms with Crippen LogP contribution in [0.1, 0.15) is 77.8 Å². The molecule has 0 bridgehead atoms. The summed E-state index contributed by atoms with van der Waals surface area (Å²) in [5, 5.41) is 11.0. The Morgan fingerprint density at radius 3 is 2.00 bits per heavy atom. The van der Waals surface area contributed by atoms with Gasteiger partial charge in [-0.25, -0.2) is 9.59 Å². The first-order valence-corrected chi connectivity index (χ1v) is 10.9. The van der Waals surface area contributed by atoms with Gasteiger partial charge in [-0.3, -0.25) is 0 Å². The average Bonchev–Trinajstić information content (AvgIpc) is 2.83. The summed E-state index contributed by atoms with van der Waals surface area (Å²) in [4.78, 5) is 36.1. The summed E-state index contributed by atoms with van der Waals surface area (Å²) < 4.78 is 39.1. The van der Waals surface area contributed by atoms with E-state index < -0.39 is 35.5 Å². The van der Waals surface area contributed by atoms with Gasteiger partial charge in [0.1, 0.15) is 11.6 Å². The fourth-order valence-corrected chi connectivity index (χ4v) is 3.98. The lowest BCUT2D eigenvalue weighted by atomic mass is 9.82. The van der Waals surface area contributed by atoms with E-state index in [1.165, 1.54) is 48.5 Å². The molecule has 0 heterocycles. The fraction of sp³-hybridized carbons (Fsp3) is 0.400. The lowest BCUT2D eigenvalue weighted by Gasteiger charge is -2.36. The third kappa shape index (κ3) is 5.56. The predicted molar refractivity (Wildman–Crippen MR) is 113 cm³/mol. The van der Waals surface area contributed by atoms with Crippen LogP contribution in [0.15, 0.2) is 54.6 Å². The van der Waals surface area contributed by atoms with Gasteiger partial charge in [0, 0.05) is 0 Å². The molecule has 1 fully saturated rings. The van der Waals surface area contributed by atoms with Crippen molar-refractivity contribution in [1.82, 2.24) is 0 Å². The van der Waals surface area contributed by atoms with Crippen molar-refractivity contribution >= 4 is 17.9 Å². The number of esters is 2. The van der Waals surface area contributed by atoms with E-state index in [1.807, 2.05) is 6.92 Å². The zero-order valence-electron chi connectivity index (χ0n) is 18.2. The largest absolute Gasteiger partial charge is 0.544 e. The van der Waals surface area contributed by atoms with Gasteiger partial charge in [-0.15, -0.1) is 0 Å². The number of hydrogen-bond acceptors (Lipinski definition) is 6. The Labute approximate surface area is 190 Å². The zero-order chi connectivity index (χ0) is 24.1. The Morgan fingerprint density at radius 1 is 0.939 bits per heavy atom. The second-order valence-electron chi connectivity index (χ2n) is 8.17. The molecule has 0 amide bonds. The highest BCUT2D eigenvalue weighted by molar-refractivity contribution is 5.93. The van der Waals surface area contributed by atoms with E-state index in [0.717, 1.165) is 32.1 Å². The molecule has 0 aromatic heterocycles. The van der Waals surface area contributed by atoms with Crippen LogP contribution in [0.4, 0.5) is 8.78 Å². The van der Waals surface area contributed by atoms with Gasteiger partial charge < -0.3 is 19.4 Å². The van der Waals surface area contributed by atoms with E-state index in [-0.39, 0.29) is 16.7 Å². The fourth-order valence-electron chi connectivity index (χ4n) is 3.98. The predicted octanol–water partition coefficient (Wildman–Crippen LogP) is 4.24. The van der Waals surface area contributed by atoms with Crippen molar-refractivity contribution in [1.29, 1.82) is 0 Å². The standard InChI is InChI=1S/C25H26F2O6/c1-2-24(15-7-4-8-16-24)33-22(29)19-13-11-18(12-14-19)21(28)32-20(25(26,27)23(30)31)17-9-5-3-6-10-17/h3,5-6,9-14,20H,2,4,7-8,15-16H2,1H3,(H,30,31)/p-1. The third-order valence-corrected chi connectivity index (χ3v) is 6.00. The molecule has 0 radical (unpaired) electrons. The van der Waals surface area contributed by atoms with Crippen molar-refractivity contribution in [3.63, 3.8) is 0 Å². The van der Waals surface area contributed by atoms with E-state index in [2.05, 4.69) is 0 Å². The molecular weight excluding hydrogens is 434 g/mol. The smallest absolute Gasteiger partial charge is 0.338 e. The van der Waals surface area contributed by atoms with E-state index in [0.29, 0.717) is 6.42 Å². The highest BCUT2D eigenvalue weighted by atomic mass is 19.3. The first-order valence-electron chi connectivity index (χ1n) is 10.9. The summed E-state index contributed by atoms with van der Waals surface area (Å²) in [7, 11) is 0. The Hall–Kier alpha value is -3.29. The second-order valence-corrected chi connectivity index (χ2v) is 8.17. The van der Waals surface area contributed by atoms with Gasteiger partial charge in [0.05, 0.1) is 11.1 Å². The number of carboxylic acid groups (broad SMARTS) is 1. The van der Waals surface area contributed by atoms with E-state index in [9.17, 15) is 28.3 Å². The molecule has 0 N–H and O–H groups in total. The van der Waals surface area contributed by atoms with Gasteiger partial charge in [0.25, 0.3) is 0 Å². The molecule has 1 aliphatic carbocycles. The number of alkyl halides is 2. The molecule has 176 valence electrons. The maximum absolute atomic E-state index is 14.2. The van der Waals surface area contributed by atoms with Gasteiger partial charge in [0.15, 0.2) is 6.10 Å². The minimum Gasteiger partial charge on any atom is -0.544 e. The van der Waals surface area contributed by atoms with Crippen LogP contribution in [0.2, 0.25) is 0 Å². The first-order chi connectivity index (χ1) is 15.7. The summed E-state index contributed by atoms with van der Waals surface area (Å²) in [6, 6.07) is 12.0.